The van der Waals surface area contributed by atoms with Crippen molar-refractivity contribution in [2.24, 2.45) is 0 Å². The van der Waals surface area contributed by atoms with Crippen molar-refractivity contribution in [1.82, 2.24) is 5.32 Å². The van der Waals surface area contributed by atoms with Gasteiger partial charge in [0.1, 0.15) is 6.04 Å². The van der Waals surface area contributed by atoms with Crippen molar-refractivity contribution in [2.45, 2.75) is 187 Å². The number of aliphatic carboxylic acids is 1. The quantitative estimate of drug-likeness (QED) is 0.0683. The van der Waals surface area contributed by atoms with Gasteiger partial charge in [-0.25, -0.2) is 4.79 Å². The van der Waals surface area contributed by atoms with E-state index in [9.17, 15) is 19.5 Å². The highest BCUT2D eigenvalue weighted by Crippen LogP contribution is 2.14. The van der Waals surface area contributed by atoms with Crippen LogP contribution in [-0.2, 0) is 19.1 Å². The molecule has 230 valence electrons. The van der Waals surface area contributed by atoms with Gasteiger partial charge in [-0.15, -0.1) is 0 Å². The Balaban J connectivity index is 3.67. The van der Waals surface area contributed by atoms with Gasteiger partial charge in [-0.2, -0.15) is 0 Å². The largest absolute Gasteiger partial charge is 0.480 e. The summed E-state index contributed by atoms with van der Waals surface area (Å²) in [6, 6.07) is -1.22. The molecule has 0 unspecified atom stereocenters. The standard InChI is InChI=1S/C33H63NO5/c1-3-5-7-9-11-13-15-16-17-18-20-22-24-26-28-39-32(36)29-30(33(37)38)34-31(35)27-25-23-21-19-14-12-10-8-6-4-2/h30H,3-29H2,1-2H3,(H,34,35)(H,37,38)/t30-/m0/s1. The normalized spacial score (nSPS) is 11.8. The average Bonchev–Trinajstić information content (AvgIpc) is 2.91. The number of rotatable bonds is 30. The van der Waals surface area contributed by atoms with Gasteiger partial charge >= 0.3 is 11.9 Å². The van der Waals surface area contributed by atoms with Gasteiger partial charge < -0.3 is 15.2 Å². The molecule has 0 aliphatic heterocycles. The Morgan fingerprint density at radius 2 is 0.923 bits per heavy atom. The first-order valence-corrected chi connectivity index (χ1v) is 16.7. The van der Waals surface area contributed by atoms with E-state index >= 15 is 0 Å². The number of carboxylic acids is 1. The van der Waals surface area contributed by atoms with Gasteiger partial charge in [-0.05, 0) is 12.8 Å². The third-order valence-electron chi connectivity index (χ3n) is 7.52. The molecule has 0 spiro atoms. The minimum atomic E-state index is -1.22. The number of hydrogen-bond acceptors (Lipinski definition) is 4. The van der Waals surface area contributed by atoms with E-state index in [1.54, 1.807) is 0 Å². The zero-order chi connectivity index (χ0) is 28.8. The lowest BCUT2D eigenvalue weighted by Gasteiger charge is -2.14. The summed E-state index contributed by atoms with van der Waals surface area (Å²) in [6.07, 6.45) is 29.5. The number of amides is 1. The van der Waals surface area contributed by atoms with Crippen LogP contribution in [0.1, 0.15) is 181 Å². The molecular formula is C33H63NO5. The molecule has 0 bridgehead atoms. The van der Waals surface area contributed by atoms with Crippen LogP contribution in [0.4, 0.5) is 0 Å². The van der Waals surface area contributed by atoms with E-state index in [4.69, 9.17) is 4.74 Å². The molecule has 0 radical (unpaired) electrons. The molecule has 0 saturated carbocycles. The number of hydrogen-bond donors (Lipinski definition) is 2. The third kappa shape index (κ3) is 27.8. The molecule has 39 heavy (non-hydrogen) atoms. The second-order valence-electron chi connectivity index (χ2n) is 11.4. The number of esters is 1. The SMILES string of the molecule is CCCCCCCCCCCCCCCCOC(=O)C[C@H](NC(=O)CCCCCCCCCCCC)C(=O)O. The number of carboxylic acid groups (broad SMARTS) is 1. The van der Waals surface area contributed by atoms with Crippen molar-refractivity contribution in [3.05, 3.63) is 0 Å². The highest BCUT2D eigenvalue weighted by Gasteiger charge is 2.23. The molecule has 6 nitrogen and oxygen atoms in total. The number of nitrogens with one attached hydrogen (secondary N) is 1. The molecule has 0 aliphatic carbocycles. The molecule has 0 heterocycles. The van der Waals surface area contributed by atoms with E-state index in [-0.39, 0.29) is 12.3 Å². The van der Waals surface area contributed by atoms with Crippen LogP contribution < -0.4 is 5.32 Å². The first-order valence-electron chi connectivity index (χ1n) is 16.7. The van der Waals surface area contributed by atoms with Crippen LogP contribution in [-0.4, -0.2) is 35.6 Å². The number of carbonyl (C=O) groups excluding carboxylic acids is 2. The summed E-state index contributed by atoms with van der Waals surface area (Å²) in [7, 11) is 0. The van der Waals surface area contributed by atoms with Gasteiger partial charge in [-0.1, -0.05) is 155 Å². The predicted molar refractivity (Wildman–Crippen MR) is 162 cm³/mol. The summed E-state index contributed by atoms with van der Waals surface area (Å²) in [4.78, 5) is 35.7. The van der Waals surface area contributed by atoms with Crippen LogP contribution in [0, 0.1) is 0 Å². The fraction of sp³-hybridized carbons (Fsp3) is 0.909. The Hall–Kier alpha value is -1.59. The van der Waals surface area contributed by atoms with Gasteiger partial charge in [-0.3, -0.25) is 9.59 Å². The van der Waals surface area contributed by atoms with Gasteiger partial charge in [0.05, 0.1) is 13.0 Å². The zero-order valence-corrected chi connectivity index (χ0v) is 25.7. The zero-order valence-electron chi connectivity index (χ0n) is 25.7. The van der Waals surface area contributed by atoms with Gasteiger partial charge in [0.25, 0.3) is 0 Å². The second-order valence-corrected chi connectivity index (χ2v) is 11.4. The van der Waals surface area contributed by atoms with Crippen LogP contribution in [0.2, 0.25) is 0 Å². The van der Waals surface area contributed by atoms with E-state index in [0.717, 1.165) is 38.5 Å². The first-order chi connectivity index (χ1) is 19.0. The van der Waals surface area contributed by atoms with Gasteiger partial charge in [0, 0.05) is 6.42 Å². The van der Waals surface area contributed by atoms with E-state index in [1.807, 2.05) is 0 Å². The first kappa shape index (κ1) is 37.4. The molecule has 1 amide bonds. The molecule has 0 aromatic heterocycles. The van der Waals surface area contributed by atoms with Crippen molar-refractivity contribution in [3.63, 3.8) is 0 Å². The van der Waals surface area contributed by atoms with Crippen LogP contribution in [0.5, 0.6) is 0 Å². The molecule has 1 atom stereocenters. The molecule has 2 N–H and O–H groups in total. The smallest absolute Gasteiger partial charge is 0.326 e. The fourth-order valence-corrected chi connectivity index (χ4v) is 4.95. The minimum absolute atomic E-state index is 0.300. The van der Waals surface area contributed by atoms with Crippen LogP contribution in [0.25, 0.3) is 0 Å². The fourth-order valence-electron chi connectivity index (χ4n) is 4.95. The van der Waals surface area contributed by atoms with Crippen molar-refractivity contribution in [3.8, 4) is 0 Å². The summed E-state index contributed by atoms with van der Waals surface area (Å²) in [5, 5.41) is 11.9. The summed E-state index contributed by atoms with van der Waals surface area (Å²) >= 11 is 0. The van der Waals surface area contributed by atoms with Gasteiger partial charge in [0.15, 0.2) is 0 Å². The highest BCUT2D eigenvalue weighted by atomic mass is 16.5. The van der Waals surface area contributed by atoms with E-state index in [2.05, 4.69) is 19.2 Å². The number of carbonyl (C=O) groups is 3. The van der Waals surface area contributed by atoms with Crippen molar-refractivity contribution in [2.75, 3.05) is 6.61 Å². The highest BCUT2D eigenvalue weighted by molar-refractivity contribution is 5.87. The van der Waals surface area contributed by atoms with Crippen LogP contribution >= 0.6 is 0 Å². The maximum absolute atomic E-state index is 12.2. The summed E-state index contributed by atoms with van der Waals surface area (Å²) in [5.74, 6) is -2.06. The Morgan fingerprint density at radius 1 is 0.564 bits per heavy atom. The molecule has 0 aromatic carbocycles. The molecule has 0 aromatic rings. The Bertz CT molecular complexity index is 580. The number of unbranched alkanes of at least 4 members (excludes halogenated alkanes) is 22. The number of ether oxygens (including phenoxy) is 1. The lowest BCUT2D eigenvalue weighted by molar-refractivity contribution is -0.150. The van der Waals surface area contributed by atoms with Crippen molar-refractivity contribution < 1.29 is 24.2 Å². The van der Waals surface area contributed by atoms with E-state index in [1.165, 1.54) is 116 Å². The Kier molecular flexibility index (Phi) is 28.2. The lowest BCUT2D eigenvalue weighted by Crippen LogP contribution is -2.42. The van der Waals surface area contributed by atoms with Crippen LogP contribution in [0.15, 0.2) is 0 Å². The summed E-state index contributed by atoms with van der Waals surface area (Å²) < 4.78 is 5.22. The maximum atomic E-state index is 12.2. The Morgan fingerprint density at radius 3 is 1.31 bits per heavy atom. The van der Waals surface area contributed by atoms with E-state index in [0.29, 0.717) is 13.0 Å². The van der Waals surface area contributed by atoms with E-state index < -0.39 is 18.0 Å². The van der Waals surface area contributed by atoms with Crippen molar-refractivity contribution >= 4 is 17.8 Å². The molecule has 6 heteroatoms. The Labute approximate surface area is 240 Å². The molecular weight excluding hydrogens is 490 g/mol. The molecule has 0 fully saturated rings. The lowest BCUT2D eigenvalue weighted by atomic mass is 10.0. The van der Waals surface area contributed by atoms with Gasteiger partial charge in [0.2, 0.25) is 5.91 Å². The molecule has 0 aliphatic rings. The third-order valence-corrected chi connectivity index (χ3v) is 7.52. The average molecular weight is 554 g/mol. The summed E-state index contributed by atoms with van der Waals surface area (Å²) in [5.41, 5.74) is 0. The van der Waals surface area contributed by atoms with Crippen LogP contribution in [0.3, 0.4) is 0 Å². The monoisotopic (exact) mass is 553 g/mol. The molecule has 0 rings (SSSR count). The summed E-state index contributed by atoms with van der Waals surface area (Å²) in [6.45, 7) is 4.80. The maximum Gasteiger partial charge on any atom is 0.326 e. The topological polar surface area (TPSA) is 92.7 Å². The minimum Gasteiger partial charge on any atom is -0.480 e. The predicted octanol–water partition coefficient (Wildman–Crippen LogP) is 9.28. The van der Waals surface area contributed by atoms with Crippen molar-refractivity contribution in [1.29, 1.82) is 0 Å². The molecule has 0 saturated heterocycles. The second kappa shape index (κ2) is 29.4.